The number of hydrogen-bond donors (Lipinski definition) is 2. The van der Waals surface area contributed by atoms with Crippen LogP contribution in [-0.2, 0) is 4.79 Å². The maximum Gasteiger partial charge on any atom is 0.270 e. The smallest absolute Gasteiger partial charge is 0.270 e. The second-order valence-corrected chi connectivity index (χ2v) is 6.19. The molecule has 6 nitrogen and oxygen atoms in total. The van der Waals surface area contributed by atoms with Crippen molar-refractivity contribution in [1.29, 1.82) is 0 Å². The van der Waals surface area contributed by atoms with Gasteiger partial charge in [-0.3, -0.25) is 14.9 Å². The van der Waals surface area contributed by atoms with Crippen LogP contribution in [0.25, 0.3) is 0 Å². The molecule has 0 radical (unpaired) electrons. The molecule has 21 heavy (non-hydrogen) atoms. The van der Waals surface area contributed by atoms with Crippen LogP contribution in [-0.4, -0.2) is 23.9 Å². The third-order valence-electron chi connectivity index (χ3n) is 3.87. The fourth-order valence-electron chi connectivity index (χ4n) is 2.72. The first-order valence-corrected chi connectivity index (χ1v) is 7.74. The zero-order valence-corrected chi connectivity index (χ0v) is 13.4. The summed E-state index contributed by atoms with van der Waals surface area (Å²) >= 11 is 3.27. The van der Waals surface area contributed by atoms with Crippen molar-refractivity contribution in [2.24, 2.45) is 5.41 Å². The highest BCUT2D eigenvalue weighted by Crippen LogP contribution is 2.34. The average Bonchev–Trinajstić information content (AvgIpc) is 2.91. The standard InChI is InChI=1S/C14H18BrN3O3/c1-2-5-14(6-7-16-9-14)13(19)17-12-4-3-10(18(20)21)8-11(12)15/h3-4,8,16H,2,5-7,9H2,1H3,(H,17,19). The molecule has 0 aromatic heterocycles. The van der Waals surface area contributed by atoms with Crippen molar-refractivity contribution < 1.29 is 9.72 Å². The molecule has 0 saturated carbocycles. The summed E-state index contributed by atoms with van der Waals surface area (Å²) in [6.45, 7) is 3.58. The Morgan fingerprint density at radius 2 is 2.33 bits per heavy atom. The van der Waals surface area contributed by atoms with Crippen molar-refractivity contribution in [2.45, 2.75) is 26.2 Å². The van der Waals surface area contributed by atoms with Gasteiger partial charge >= 0.3 is 0 Å². The van der Waals surface area contributed by atoms with Gasteiger partial charge in [-0.1, -0.05) is 13.3 Å². The Kier molecular flexibility index (Phi) is 4.95. The summed E-state index contributed by atoms with van der Waals surface area (Å²) in [6, 6.07) is 4.34. The molecule has 2 N–H and O–H groups in total. The molecule has 1 fully saturated rings. The number of rotatable bonds is 5. The summed E-state index contributed by atoms with van der Waals surface area (Å²) < 4.78 is 0.516. The van der Waals surface area contributed by atoms with Gasteiger partial charge in [-0.15, -0.1) is 0 Å². The van der Waals surface area contributed by atoms with E-state index in [-0.39, 0.29) is 17.0 Å². The molecule has 1 aromatic carbocycles. The molecule has 2 rings (SSSR count). The summed E-state index contributed by atoms with van der Waals surface area (Å²) in [5.74, 6) is -0.0242. The van der Waals surface area contributed by atoms with Gasteiger partial charge in [0.25, 0.3) is 5.69 Å². The maximum absolute atomic E-state index is 12.6. The normalized spacial score (nSPS) is 21.2. The molecular formula is C14H18BrN3O3. The van der Waals surface area contributed by atoms with E-state index in [1.807, 2.05) is 0 Å². The molecule has 0 bridgehead atoms. The number of carbonyl (C=O) groups is 1. The summed E-state index contributed by atoms with van der Waals surface area (Å²) in [5.41, 5.74) is 0.175. The first-order valence-electron chi connectivity index (χ1n) is 6.94. The molecule has 1 aromatic rings. The van der Waals surface area contributed by atoms with Crippen molar-refractivity contribution >= 4 is 33.2 Å². The second kappa shape index (κ2) is 6.53. The monoisotopic (exact) mass is 355 g/mol. The van der Waals surface area contributed by atoms with E-state index < -0.39 is 4.92 Å². The van der Waals surface area contributed by atoms with E-state index in [0.717, 1.165) is 25.8 Å². The van der Waals surface area contributed by atoms with Gasteiger partial charge in [0.05, 0.1) is 16.0 Å². The van der Waals surface area contributed by atoms with Crippen molar-refractivity contribution in [3.63, 3.8) is 0 Å². The summed E-state index contributed by atoms with van der Waals surface area (Å²) in [5, 5.41) is 16.9. The van der Waals surface area contributed by atoms with Gasteiger partial charge in [0.15, 0.2) is 0 Å². The van der Waals surface area contributed by atoms with Gasteiger partial charge in [0, 0.05) is 23.2 Å². The van der Waals surface area contributed by atoms with Crippen molar-refractivity contribution in [2.75, 3.05) is 18.4 Å². The first kappa shape index (κ1) is 15.9. The maximum atomic E-state index is 12.6. The summed E-state index contributed by atoms with van der Waals surface area (Å²) in [7, 11) is 0. The van der Waals surface area contributed by atoms with Gasteiger partial charge in [-0.25, -0.2) is 0 Å². The Balaban J connectivity index is 2.17. The van der Waals surface area contributed by atoms with Gasteiger partial charge < -0.3 is 10.6 Å². The third-order valence-corrected chi connectivity index (χ3v) is 4.52. The van der Waals surface area contributed by atoms with Crippen molar-refractivity contribution in [1.82, 2.24) is 5.32 Å². The highest BCUT2D eigenvalue weighted by atomic mass is 79.9. The number of nitrogens with one attached hydrogen (secondary N) is 2. The Labute approximate surface area is 131 Å². The number of benzene rings is 1. The minimum atomic E-state index is -0.462. The molecule has 1 amide bonds. The molecule has 1 saturated heterocycles. The van der Waals surface area contributed by atoms with Crippen LogP contribution in [0.15, 0.2) is 22.7 Å². The third kappa shape index (κ3) is 3.41. The van der Waals surface area contributed by atoms with Gasteiger partial charge in [0.2, 0.25) is 5.91 Å². The van der Waals surface area contributed by atoms with Gasteiger partial charge in [-0.05, 0) is 41.4 Å². The molecule has 114 valence electrons. The average molecular weight is 356 g/mol. The van der Waals surface area contributed by atoms with Crippen molar-refractivity contribution in [3.8, 4) is 0 Å². The number of carbonyl (C=O) groups excluding carboxylic acids is 1. The number of nitro benzene ring substituents is 1. The SMILES string of the molecule is CCCC1(C(=O)Nc2ccc([N+](=O)[O-])cc2Br)CCNC1. The minimum absolute atomic E-state index is 0.00863. The van der Waals surface area contributed by atoms with E-state index >= 15 is 0 Å². The highest BCUT2D eigenvalue weighted by molar-refractivity contribution is 9.10. The quantitative estimate of drug-likeness (QED) is 0.627. The van der Waals surface area contributed by atoms with Crippen LogP contribution < -0.4 is 10.6 Å². The number of non-ortho nitro benzene ring substituents is 1. The second-order valence-electron chi connectivity index (χ2n) is 5.33. The molecule has 1 heterocycles. The number of hydrogen-bond acceptors (Lipinski definition) is 4. The lowest BCUT2D eigenvalue weighted by Crippen LogP contribution is -2.38. The Morgan fingerprint density at radius 3 is 2.86 bits per heavy atom. The number of nitrogens with zero attached hydrogens (tertiary/aromatic N) is 1. The van der Waals surface area contributed by atoms with Crippen LogP contribution in [0, 0.1) is 15.5 Å². The number of anilines is 1. The van der Waals surface area contributed by atoms with Crippen LogP contribution in [0.1, 0.15) is 26.2 Å². The minimum Gasteiger partial charge on any atom is -0.325 e. The van der Waals surface area contributed by atoms with E-state index in [1.54, 1.807) is 6.07 Å². The van der Waals surface area contributed by atoms with Crippen LogP contribution in [0.3, 0.4) is 0 Å². The zero-order valence-electron chi connectivity index (χ0n) is 11.8. The highest BCUT2D eigenvalue weighted by Gasteiger charge is 2.40. The van der Waals surface area contributed by atoms with E-state index in [2.05, 4.69) is 33.5 Å². The predicted octanol–water partition coefficient (Wildman–Crippen LogP) is 3.08. The van der Waals surface area contributed by atoms with Crippen LogP contribution in [0.4, 0.5) is 11.4 Å². The molecule has 1 aliphatic heterocycles. The molecule has 1 unspecified atom stereocenters. The number of nitro groups is 1. The molecule has 0 aliphatic carbocycles. The molecule has 1 atom stereocenters. The van der Waals surface area contributed by atoms with E-state index in [0.29, 0.717) is 16.7 Å². The van der Waals surface area contributed by atoms with Crippen LogP contribution in [0.2, 0.25) is 0 Å². The van der Waals surface area contributed by atoms with E-state index in [1.165, 1.54) is 12.1 Å². The number of halogens is 1. The zero-order chi connectivity index (χ0) is 15.5. The lowest BCUT2D eigenvalue weighted by atomic mass is 9.81. The Hall–Kier alpha value is -1.47. The summed E-state index contributed by atoms with van der Waals surface area (Å²) in [6.07, 6.45) is 2.59. The van der Waals surface area contributed by atoms with E-state index in [4.69, 9.17) is 0 Å². The Bertz CT molecular complexity index is 556. The fourth-order valence-corrected chi connectivity index (χ4v) is 3.18. The largest absolute Gasteiger partial charge is 0.325 e. The van der Waals surface area contributed by atoms with Gasteiger partial charge in [0.1, 0.15) is 0 Å². The van der Waals surface area contributed by atoms with Crippen LogP contribution >= 0.6 is 15.9 Å². The predicted molar refractivity (Wildman–Crippen MR) is 84.3 cm³/mol. The lowest BCUT2D eigenvalue weighted by Gasteiger charge is -2.26. The van der Waals surface area contributed by atoms with Gasteiger partial charge in [-0.2, -0.15) is 0 Å². The topological polar surface area (TPSA) is 84.3 Å². The number of amides is 1. The molecule has 0 spiro atoms. The molecule has 7 heteroatoms. The fraction of sp³-hybridized carbons (Fsp3) is 0.500. The molecular weight excluding hydrogens is 338 g/mol. The Morgan fingerprint density at radius 1 is 1.57 bits per heavy atom. The van der Waals surface area contributed by atoms with Crippen molar-refractivity contribution in [3.05, 3.63) is 32.8 Å². The summed E-state index contributed by atoms with van der Waals surface area (Å²) in [4.78, 5) is 22.9. The lowest BCUT2D eigenvalue weighted by molar-refractivity contribution is -0.384. The molecule has 1 aliphatic rings. The first-order chi connectivity index (χ1) is 9.98. The van der Waals surface area contributed by atoms with E-state index in [9.17, 15) is 14.9 Å². The van der Waals surface area contributed by atoms with Crippen LogP contribution in [0.5, 0.6) is 0 Å².